The van der Waals surface area contributed by atoms with Crippen LogP contribution in [0.15, 0.2) is 6.20 Å². The van der Waals surface area contributed by atoms with Crippen molar-refractivity contribution in [2.75, 3.05) is 0 Å². The van der Waals surface area contributed by atoms with Gasteiger partial charge in [-0.2, -0.15) is 0 Å². The molecule has 1 aliphatic carbocycles. The highest BCUT2D eigenvalue weighted by Gasteiger charge is 2.19. The fourth-order valence-electron chi connectivity index (χ4n) is 1.52. The van der Waals surface area contributed by atoms with E-state index in [0.717, 1.165) is 12.1 Å². The largest absolute Gasteiger partial charge is 0.226 e. The van der Waals surface area contributed by atoms with Crippen LogP contribution in [0, 0.1) is 0 Å². The highest BCUT2D eigenvalue weighted by atomic mass is 35.5. The molecule has 0 aliphatic heterocycles. The van der Waals surface area contributed by atoms with Crippen LogP contribution in [0.4, 0.5) is 0 Å². The van der Waals surface area contributed by atoms with Crippen LogP contribution < -0.4 is 0 Å². The van der Waals surface area contributed by atoms with Gasteiger partial charge in [-0.15, -0.1) is 0 Å². The lowest BCUT2D eigenvalue weighted by Gasteiger charge is -2.00. The minimum absolute atomic E-state index is 0.373. The van der Waals surface area contributed by atoms with Crippen molar-refractivity contribution < 1.29 is 0 Å². The Labute approximate surface area is 70.6 Å². The summed E-state index contributed by atoms with van der Waals surface area (Å²) in [7, 11) is 0. The zero-order valence-corrected chi connectivity index (χ0v) is 7.10. The van der Waals surface area contributed by atoms with Gasteiger partial charge in [-0.1, -0.05) is 6.92 Å². The summed E-state index contributed by atoms with van der Waals surface area (Å²) in [5, 5.41) is 0.373. The van der Waals surface area contributed by atoms with Crippen molar-refractivity contribution in [3.63, 3.8) is 0 Å². The Morgan fingerprint density at radius 3 is 3.27 bits per heavy atom. The van der Waals surface area contributed by atoms with Crippen LogP contribution in [0.1, 0.15) is 30.5 Å². The maximum atomic E-state index is 5.65. The molecular formula is C8H9ClN2. The molecule has 1 aliphatic rings. The molecule has 58 valence electrons. The number of hydrogen-bond acceptors (Lipinski definition) is 2. The van der Waals surface area contributed by atoms with Crippen molar-refractivity contribution in [2.24, 2.45) is 0 Å². The lowest BCUT2D eigenvalue weighted by Crippen LogP contribution is -1.92. The second kappa shape index (κ2) is 2.45. The maximum Gasteiger partial charge on any atom is 0.222 e. The van der Waals surface area contributed by atoms with Gasteiger partial charge in [-0.3, -0.25) is 0 Å². The Bertz CT molecular complexity index is 285. The standard InChI is InChI=1S/C8H9ClN2/c1-5-2-3-7-6(5)4-10-8(9)11-7/h4-5H,2-3H2,1H3. The van der Waals surface area contributed by atoms with Crippen LogP contribution in [-0.4, -0.2) is 9.97 Å². The molecule has 11 heavy (non-hydrogen) atoms. The van der Waals surface area contributed by atoms with Gasteiger partial charge in [0.1, 0.15) is 0 Å². The van der Waals surface area contributed by atoms with Crippen molar-refractivity contribution in [3.8, 4) is 0 Å². The molecule has 1 aromatic heterocycles. The van der Waals surface area contributed by atoms with E-state index in [0.29, 0.717) is 11.2 Å². The summed E-state index contributed by atoms with van der Waals surface area (Å²) in [6, 6.07) is 0. The maximum absolute atomic E-state index is 5.65. The van der Waals surface area contributed by atoms with Gasteiger partial charge in [0.05, 0.1) is 0 Å². The van der Waals surface area contributed by atoms with Gasteiger partial charge < -0.3 is 0 Å². The molecule has 0 saturated carbocycles. The summed E-state index contributed by atoms with van der Waals surface area (Å²) in [4.78, 5) is 8.11. The van der Waals surface area contributed by atoms with Gasteiger partial charge in [0.25, 0.3) is 0 Å². The van der Waals surface area contributed by atoms with Gasteiger partial charge in [-0.25, -0.2) is 9.97 Å². The minimum Gasteiger partial charge on any atom is -0.226 e. The predicted molar refractivity (Wildman–Crippen MR) is 43.8 cm³/mol. The first-order valence-corrected chi connectivity index (χ1v) is 4.16. The van der Waals surface area contributed by atoms with Gasteiger partial charge in [0, 0.05) is 11.9 Å². The monoisotopic (exact) mass is 168 g/mol. The highest BCUT2D eigenvalue weighted by molar-refractivity contribution is 6.28. The number of rotatable bonds is 0. The molecule has 0 radical (unpaired) electrons. The Hall–Kier alpha value is -0.630. The molecule has 0 bridgehead atoms. The highest BCUT2D eigenvalue weighted by Crippen LogP contribution is 2.30. The first-order valence-electron chi connectivity index (χ1n) is 3.78. The molecule has 1 heterocycles. The lowest BCUT2D eigenvalue weighted by molar-refractivity contribution is 0.745. The van der Waals surface area contributed by atoms with Crippen molar-refractivity contribution in [2.45, 2.75) is 25.7 Å². The fourth-order valence-corrected chi connectivity index (χ4v) is 1.67. The number of aryl methyl sites for hydroxylation is 1. The molecule has 2 rings (SSSR count). The average molecular weight is 169 g/mol. The van der Waals surface area contributed by atoms with Gasteiger partial charge >= 0.3 is 0 Å². The van der Waals surface area contributed by atoms with E-state index in [1.165, 1.54) is 12.0 Å². The van der Waals surface area contributed by atoms with Gasteiger partial charge in [-0.05, 0) is 35.9 Å². The van der Waals surface area contributed by atoms with Crippen molar-refractivity contribution in [3.05, 3.63) is 22.7 Å². The summed E-state index contributed by atoms with van der Waals surface area (Å²) < 4.78 is 0. The van der Waals surface area contributed by atoms with Gasteiger partial charge in [0.2, 0.25) is 5.28 Å². The van der Waals surface area contributed by atoms with Crippen LogP contribution in [0.25, 0.3) is 0 Å². The van der Waals surface area contributed by atoms with E-state index in [-0.39, 0.29) is 0 Å². The molecule has 1 unspecified atom stereocenters. The van der Waals surface area contributed by atoms with E-state index in [2.05, 4.69) is 16.9 Å². The minimum atomic E-state index is 0.373. The molecule has 0 amide bonds. The first-order chi connectivity index (χ1) is 5.27. The number of aromatic nitrogens is 2. The van der Waals surface area contributed by atoms with Crippen LogP contribution in [-0.2, 0) is 6.42 Å². The Balaban J connectivity index is 2.50. The Morgan fingerprint density at radius 2 is 2.45 bits per heavy atom. The van der Waals surface area contributed by atoms with Crippen LogP contribution >= 0.6 is 11.6 Å². The van der Waals surface area contributed by atoms with Crippen LogP contribution in [0.3, 0.4) is 0 Å². The number of hydrogen-bond donors (Lipinski definition) is 0. The SMILES string of the molecule is CC1CCc2nc(Cl)ncc21. The summed E-state index contributed by atoms with van der Waals surface area (Å²) >= 11 is 5.65. The molecular weight excluding hydrogens is 160 g/mol. The summed E-state index contributed by atoms with van der Waals surface area (Å²) in [6.07, 6.45) is 4.09. The summed E-state index contributed by atoms with van der Waals surface area (Å²) in [6.45, 7) is 2.20. The molecule has 0 saturated heterocycles. The van der Waals surface area contributed by atoms with Crippen LogP contribution in [0.2, 0.25) is 5.28 Å². The number of fused-ring (bicyclic) bond motifs is 1. The lowest BCUT2D eigenvalue weighted by atomic mass is 10.1. The first kappa shape index (κ1) is 7.04. The van der Waals surface area contributed by atoms with E-state index in [1.807, 2.05) is 6.20 Å². The van der Waals surface area contributed by atoms with Crippen molar-refractivity contribution >= 4 is 11.6 Å². The molecule has 2 nitrogen and oxygen atoms in total. The fraction of sp³-hybridized carbons (Fsp3) is 0.500. The number of halogens is 1. The quantitative estimate of drug-likeness (QED) is 0.555. The predicted octanol–water partition coefficient (Wildman–Crippen LogP) is 2.18. The molecule has 1 aromatic rings. The van der Waals surface area contributed by atoms with Gasteiger partial charge in [0.15, 0.2) is 0 Å². The Kier molecular flexibility index (Phi) is 1.57. The third-order valence-corrected chi connectivity index (χ3v) is 2.40. The number of nitrogens with zero attached hydrogens (tertiary/aromatic N) is 2. The molecule has 0 fully saturated rings. The zero-order chi connectivity index (χ0) is 7.84. The third-order valence-electron chi connectivity index (χ3n) is 2.22. The second-order valence-corrected chi connectivity index (χ2v) is 3.32. The normalized spacial score (nSPS) is 21.8. The van der Waals surface area contributed by atoms with E-state index in [4.69, 9.17) is 11.6 Å². The zero-order valence-electron chi connectivity index (χ0n) is 6.34. The average Bonchev–Trinajstić information content (AvgIpc) is 2.32. The molecule has 0 aromatic carbocycles. The third kappa shape index (κ3) is 1.11. The van der Waals surface area contributed by atoms with E-state index >= 15 is 0 Å². The van der Waals surface area contributed by atoms with Crippen LogP contribution in [0.5, 0.6) is 0 Å². The Morgan fingerprint density at radius 1 is 1.64 bits per heavy atom. The smallest absolute Gasteiger partial charge is 0.222 e. The topological polar surface area (TPSA) is 25.8 Å². The summed E-state index contributed by atoms with van der Waals surface area (Å²) in [5.74, 6) is 0.613. The molecule has 1 atom stereocenters. The van der Waals surface area contributed by atoms with E-state index in [9.17, 15) is 0 Å². The van der Waals surface area contributed by atoms with E-state index < -0.39 is 0 Å². The van der Waals surface area contributed by atoms with Crippen molar-refractivity contribution in [1.82, 2.24) is 9.97 Å². The summed E-state index contributed by atoms with van der Waals surface area (Å²) in [5.41, 5.74) is 2.41. The molecule has 0 spiro atoms. The molecule has 3 heteroatoms. The molecule has 0 N–H and O–H groups in total. The van der Waals surface area contributed by atoms with E-state index in [1.54, 1.807) is 0 Å². The van der Waals surface area contributed by atoms with Crippen molar-refractivity contribution in [1.29, 1.82) is 0 Å². The second-order valence-electron chi connectivity index (χ2n) is 2.98.